The van der Waals surface area contributed by atoms with Crippen LogP contribution >= 0.6 is 0 Å². The van der Waals surface area contributed by atoms with Crippen LogP contribution in [0.1, 0.15) is 43.9 Å². The first-order valence-corrected chi connectivity index (χ1v) is 12.9. The molecule has 2 aliphatic rings. The summed E-state index contributed by atoms with van der Waals surface area (Å²) in [6, 6.07) is 6.32. The fourth-order valence-corrected chi connectivity index (χ4v) is 5.39. The van der Waals surface area contributed by atoms with Gasteiger partial charge in [-0.15, -0.1) is 0 Å². The highest BCUT2D eigenvalue weighted by atomic mass is 16.5. The molecule has 0 amide bonds. The Labute approximate surface area is 215 Å². The molecule has 10 heteroatoms. The van der Waals surface area contributed by atoms with Gasteiger partial charge in [0.15, 0.2) is 6.23 Å². The van der Waals surface area contributed by atoms with E-state index in [2.05, 4.69) is 28.1 Å². The van der Waals surface area contributed by atoms with Crippen molar-refractivity contribution < 1.29 is 18.7 Å². The number of rotatable bonds is 6. The third kappa shape index (κ3) is 4.39. The summed E-state index contributed by atoms with van der Waals surface area (Å²) in [5.41, 5.74) is 5.14. The van der Waals surface area contributed by atoms with E-state index in [4.69, 9.17) is 28.7 Å². The molecule has 37 heavy (non-hydrogen) atoms. The average molecular weight is 505 g/mol. The molecule has 10 nitrogen and oxygen atoms in total. The molecule has 0 saturated carbocycles. The van der Waals surface area contributed by atoms with Crippen molar-refractivity contribution in [2.75, 3.05) is 38.4 Å². The summed E-state index contributed by atoms with van der Waals surface area (Å²) in [6.07, 6.45) is 6.65. The largest absolute Gasteiger partial charge is 0.378 e. The van der Waals surface area contributed by atoms with Gasteiger partial charge in [0.2, 0.25) is 0 Å². The van der Waals surface area contributed by atoms with Gasteiger partial charge in [0, 0.05) is 43.6 Å². The minimum absolute atomic E-state index is 0.105. The molecule has 0 bridgehead atoms. The highest BCUT2D eigenvalue weighted by Crippen LogP contribution is 2.39. The number of fused-ring (bicyclic) bond motifs is 1. The van der Waals surface area contributed by atoms with E-state index in [-0.39, 0.29) is 12.3 Å². The first-order valence-electron chi connectivity index (χ1n) is 12.9. The Bertz CT molecular complexity index is 1390. The van der Waals surface area contributed by atoms with Crippen molar-refractivity contribution in [2.24, 2.45) is 0 Å². The molecule has 2 unspecified atom stereocenters. The Balaban J connectivity index is 1.58. The normalized spacial score (nSPS) is 20.6. The molecule has 194 valence electrons. The lowest BCUT2D eigenvalue weighted by atomic mass is 9.98. The topological polar surface area (TPSA) is 101 Å². The number of nitrogens with zero attached hydrogens (tertiary/aromatic N) is 6. The molecule has 6 heterocycles. The van der Waals surface area contributed by atoms with Crippen LogP contribution in [0.3, 0.4) is 0 Å². The van der Waals surface area contributed by atoms with E-state index in [1.807, 2.05) is 36.1 Å². The van der Waals surface area contributed by atoms with E-state index in [1.165, 1.54) is 0 Å². The zero-order chi connectivity index (χ0) is 25.4. The molecule has 2 saturated heterocycles. The second-order valence-corrected chi connectivity index (χ2v) is 9.68. The Morgan fingerprint density at radius 1 is 1.16 bits per heavy atom. The predicted octanol–water partition coefficient (Wildman–Crippen LogP) is 4.53. The number of anilines is 1. The number of pyridine rings is 2. The predicted molar refractivity (Wildman–Crippen MR) is 138 cm³/mol. The van der Waals surface area contributed by atoms with E-state index in [1.54, 1.807) is 7.11 Å². The standard InChI is InChI=1S/C27H32N6O4/c1-17-15-35-13-11-32(17)23-14-20(25-18(2)37-31-21(25)16-34-3)19-7-9-28-27(26(19)30-23)22-8-10-29-33(22)24-6-4-5-12-36-24/h7-10,14,17,24H,4-6,11-13,15-16H2,1-3H3. The van der Waals surface area contributed by atoms with Gasteiger partial charge >= 0.3 is 0 Å². The molecule has 0 aromatic carbocycles. The van der Waals surface area contributed by atoms with Crippen molar-refractivity contribution in [2.45, 2.75) is 52.0 Å². The van der Waals surface area contributed by atoms with E-state index in [9.17, 15) is 0 Å². The van der Waals surface area contributed by atoms with Crippen molar-refractivity contribution in [3.8, 4) is 22.5 Å². The van der Waals surface area contributed by atoms with Crippen molar-refractivity contribution in [3.05, 3.63) is 42.0 Å². The molecule has 2 fully saturated rings. The monoisotopic (exact) mass is 504 g/mol. The van der Waals surface area contributed by atoms with Crippen LogP contribution in [-0.2, 0) is 20.8 Å². The molecule has 4 aromatic heterocycles. The van der Waals surface area contributed by atoms with Gasteiger partial charge in [0.1, 0.15) is 28.5 Å². The lowest BCUT2D eigenvalue weighted by Gasteiger charge is -2.34. The van der Waals surface area contributed by atoms with Crippen LogP contribution in [0.15, 0.2) is 35.1 Å². The first kappa shape index (κ1) is 24.0. The number of morpholine rings is 1. The zero-order valence-corrected chi connectivity index (χ0v) is 21.5. The van der Waals surface area contributed by atoms with Gasteiger partial charge in [0.05, 0.1) is 37.1 Å². The smallest absolute Gasteiger partial charge is 0.150 e. The number of hydrogen-bond donors (Lipinski definition) is 0. The van der Waals surface area contributed by atoms with Gasteiger partial charge in [-0.3, -0.25) is 4.98 Å². The molecule has 0 aliphatic carbocycles. The second-order valence-electron chi connectivity index (χ2n) is 9.68. The fraction of sp³-hybridized carbons (Fsp3) is 0.481. The molecular formula is C27H32N6O4. The third-order valence-electron chi connectivity index (χ3n) is 7.20. The van der Waals surface area contributed by atoms with E-state index in [0.717, 1.165) is 83.1 Å². The quantitative estimate of drug-likeness (QED) is 0.375. The summed E-state index contributed by atoms with van der Waals surface area (Å²) in [5, 5.41) is 9.89. The molecule has 0 spiro atoms. The van der Waals surface area contributed by atoms with Crippen LogP contribution in [0.5, 0.6) is 0 Å². The van der Waals surface area contributed by atoms with Gasteiger partial charge in [-0.2, -0.15) is 5.10 Å². The third-order valence-corrected chi connectivity index (χ3v) is 7.20. The summed E-state index contributed by atoms with van der Waals surface area (Å²) in [6.45, 7) is 7.26. The van der Waals surface area contributed by atoms with Crippen LogP contribution in [0.4, 0.5) is 5.82 Å². The maximum atomic E-state index is 6.07. The fourth-order valence-electron chi connectivity index (χ4n) is 5.39. The molecule has 0 radical (unpaired) electrons. The van der Waals surface area contributed by atoms with E-state index < -0.39 is 0 Å². The molecule has 2 aliphatic heterocycles. The lowest BCUT2D eigenvalue weighted by molar-refractivity contribution is -0.0383. The first-order chi connectivity index (χ1) is 18.2. The summed E-state index contributed by atoms with van der Waals surface area (Å²) < 4.78 is 24.8. The average Bonchev–Trinajstić information content (AvgIpc) is 3.56. The summed E-state index contributed by atoms with van der Waals surface area (Å²) in [7, 11) is 1.66. The molecule has 6 rings (SSSR count). The van der Waals surface area contributed by atoms with E-state index in [0.29, 0.717) is 19.8 Å². The van der Waals surface area contributed by atoms with Crippen LogP contribution < -0.4 is 4.90 Å². The Morgan fingerprint density at radius 2 is 2.08 bits per heavy atom. The highest BCUT2D eigenvalue weighted by molar-refractivity contribution is 6.02. The Morgan fingerprint density at radius 3 is 2.89 bits per heavy atom. The number of aromatic nitrogens is 5. The Kier molecular flexibility index (Phi) is 6.62. The maximum absolute atomic E-state index is 6.07. The summed E-state index contributed by atoms with van der Waals surface area (Å²) in [4.78, 5) is 12.3. The van der Waals surface area contributed by atoms with Crippen molar-refractivity contribution >= 4 is 16.7 Å². The van der Waals surface area contributed by atoms with Crippen LogP contribution in [0.2, 0.25) is 0 Å². The second kappa shape index (κ2) is 10.2. The minimum Gasteiger partial charge on any atom is -0.378 e. The van der Waals surface area contributed by atoms with Crippen molar-refractivity contribution in [1.82, 2.24) is 24.9 Å². The summed E-state index contributed by atoms with van der Waals surface area (Å²) in [5.74, 6) is 1.61. The SMILES string of the molecule is COCc1noc(C)c1-c1cc(N2CCOCC2C)nc2c(-c3ccnn3C3CCCCO3)nccc12. The van der Waals surface area contributed by atoms with Crippen LogP contribution in [0.25, 0.3) is 33.4 Å². The van der Waals surface area contributed by atoms with Crippen molar-refractivity contribution in [3.63, 3.8) is 0 Å². The number of ether oxygens (including phenoxy) is 3. The summed E-state index contributed by atoms with van der Waals surface area (Å²) >= 11 is 0. The van der Waals surface area contributed by atoms with Crippen LogP contribution in [-0.4, -0.2) is 64.4 Å². The molecule has 0 N–H and O–H groups in total. The molecule has 2 atom stereocenters. The minimum atomic E-state index is -0.105. The van der Waals surface area contributed by atoms with Gasteiger partial charge in [-0.25, -0.2) is 9.67 Å². The lowest BCUT2D eigenvalue weighted by Crippen LogP contribution is -2.44. The number of aryl methyl sites for hydroxylation is 1. The van der Waals surface area contributed by atoms with Crippen LogP contribution in [0, 0.1) is 6.92 Å². The van der Waals surface area contributed by atoms with Gasteiger partial charge in [0.25, 0.3) is 0 Å². The van der Waals surface area contributed by atoms with Crippen molar-refractivity contribution in [1.29, 1.82) is 0 Å². The molecule has 4 aromatic rings. The van der Waals surface area contributed by atoms with Gasteiger partial charge in [-0.1, -0.05) is 5.16 Å². The Hall–Kier alpha value is -3.34. The van der Waals surface area contributed by atoms with Gasteiger partial charge in [-0.05, 0) is 51.3 Å². The number of methoxy groups -OCH3 is 1. The maximum Gasteiger partial charge on any atom is 0.150 e. The van der Waals surface area contributed by atoms with E-state index >= 15 is 0 Å². The molecular weight excluding hydrogens is 472 g/mol. The highest BCUT2D eigenvalue weighted by Gasteiger charge is 2.27. The zero-order valence-electron chi connectivity index (χ0n) is 21.5. The van der Waals surface area contributed by atoms with Gasteiger partial charge < -0.3 is 23.6 Å². The number of hydrogen-bond acceptors (Lipinski definition) is 9.